The number of pyridine rings is 1. The molecule has 1 aliphatic heterocycles. The minimum atomic E-state index is -0.950. The Balaban J connectivity index is 1.54. The maximum atomic E-state index is 16.2. The Labute approximate surface area is 284 Å². The average Bonchev–Trinajstić information content (AvgIpc) is 3.75. The number of nitrogens with zero attached hydrogens (tertiary/aromatic N) is 6. The van der Waals surface area contributed by atoms with Crippen molar-refractivity contribution in [3.63, 3.8) is 0 Å². The third-order valence-electron chi connectivity index (χ3n) is 9.13. The van der Waals surface area contributed by atoms with Crippen molar-refractivity contribution in [2.45, 2.75) is 39.4 Å². The highest BCUT2D eigenvalue weighted by Crippen LogP contribution is 2.48. The summed E-state index contributed by atoms with van der Waals surface area (Å²) in [5.41, 5.74) is 3.98. The van der Waals surface area contributed by atoms with Gasteiger partial charge in [0, 0.05) is 65.3 Å². The van der Waals surface area contributed by atoms with Gasteiger partial charge < -0.3 is 14.4 Å². The molecule has 2 atom stereocenters. The summed E-state index contributed by atoms with van der Waals surface area (Å²) in [6, 6.07) is 8.74. The standard InChI is InChI=1S/C36H33F3N6O3S/c1-7-30(46)45-18(2)16-44-28(20(45)4)15-27(42-44)35-33(31-24(38)13-22(37)14-29(31)48-11-10-47-6)32-25(39)17-49-36(32)34(40-35)21-8-9-23-19(3)43(5)41-26(23)12-21/h7-9,12-15,17-18,20H,1,10-11,16H2,2-6H3/t18-,20+/m1/s1. The second-order valence-electron chi connectivity index (χ2n) is 12.1. The van der Waals surface area contributed by atoms with E-state index in [-0.39, 0.29) is 59.2 Å². The largest absolute Gasteiger partial charge is 0.490 e. The van der Waals surface area contributed by atoms with Gasteiger partial charge in [-0.3, -0.25) is 14.2 Å². The molecule has 0 spiro atoms. The maximum absolute atomic E-state index is 16.2. The van der Waals surface area contributed by atoms with E-state index in [4.69, 9.17) is 19.6 Å². The van der Waals surface area contributed by atoms with Gasteiger partial charge in [-0.2, -0.15) is 10.2 Å². The molecule has 5 heterocycles. The molecule has 9 nitrogen and oxygen atoms in total. The maximum Gasteiger partial charge on any atom is 0.246 e. The van der Waals surface area contributed by atoms with E-state index in [0.29, 0.717) is 33.9 Å². The molecule has 252 valence electrons. The van der Waals surface area contributed by atoms with E-state index < -0.39 is 17.5 Å². The van der Waals surface area contributed by atoms with Crippen LogP contribution in [0.3, 0.4) is 0 Å². The van der Waals surface area contributed by atoms with E-state index in [1.165, 1.54) is 18.6 Å². The fourth-order valence-corrected chi connectivity index (χ4v) is 7.66. The van der Waals surface area contributed by atoms with Crippen molar-refractivity contribution in [1.29, 1.82) is 0 Å². The van der Waals surface area contributed by atoms with E-state index >= 15 is 8.78 Å². The summed E-state index contributed by atoms with van der Waals surface area (Å²) in [4.78, 5) is 19.7. The van der Waals surface area contributed by atoms with Gasteiger partial charge >= 0.3 is 0 Å². The monoisotopic (exact) mass is 686 g/mol. The molecule has 0 aliphatic carbocycles. The Bertz CT molecular complexity index is 2290. The second kappa shape index (κ2) is 12.5. The quantitative estimate of drug-likeness (QED) is 0.121. The number of benzene rings is 2. The highest BCUT2D eigenvalue weighted by molar-refractivity contribution is 7.17. The summed E-state index contributed by atoms with van der Waals surface area (Å²) in [5, 5.41) is 11.9. The molecule has 0 saturated carbocycles. The number of rotatable bonds is 8. The van der Waals surface area contributed by atoms with Crippen molar-refractivity contribution in [2.75, 3.05) is 20.3 Å². The topological polar surface area (TPSA) is 87.3 Å². The molecule has 0 N–H and O–H groups in total. The van der Waals surface area contributed by atoms with Gasteiger partial charge in [0.15, 0.2) is 0 Å². The molecule has 4 aromatic heterocycles. The number of fused-ring (bicyclic) bond motifs is 3. The number of hydrogen-bond acceptors (Lipinski definition) is 7. The van der Waals surface area contributed by atoms with E-state index in [0.717, 1.165) is 40.1 Å². The van der Waals surface area contributed by atoms with Crippen molar-refractivity contribution >= 4 is 38.2 Å². The van der Waals surface area contributed by atoms with Crippen LogP contribution in [0.5, 0.6) is 5.75 Å². The SMILES string of the molecule is C=CC(=O)N1[C@H](C)Cn2nc(-c3nc(-c4ccc5c(C)n(C)nc5c4)c4scc(F)c4c3-c3c(F)cc(F)cc3OCCOC)cc2[C@@H]1C. The third-order valence-corrected chi connectivity index (χ3v) is 10.1. The predicted octanol–water partition coefficient (Wildman–Crippen LogP) is 7.61. The molecule has 49 heavy (non-hydrogen) atoms. The first-order valence-electron chi connectivity index (χ1n) is 15.7. The van der Waals surface area contributed by atoms with Gasteiger partial charge in [-0.15, -0.1) is 11.3 Å². The first-order valence-corrected chi connectivity index (χ1v) is 16.6. The number of carbonyl (C=O) groups is 1. The van der Waals surface area contributed by atoms with Crippen LogP contribution in [0.4, 0.5) is 13.2 Å². The lowest BCUT2D eigenvalue weighted by molar-refractivity contribution is -0.131. The molecule has 0 fully saturated rings. The number of aryl methyl sites for hydroxylation is 2. The lowest BCUT2D eigenvalue weighted by atomic mass is 9.94. The van der Waals surface area contributed by atoms with E-state index in [9.17, 15) is 9.18 Å². The Morgan fingerprint density at radius 2 is 1.86 bits per heavy atom. The van der Waals surface area contributed by atoms with Crippen molar-refractivity contribution < 1.29 is 27.4 Å². The van der Waals surface area contributed by atoms with Crippen LogP contribution in [0.2, 0.25) is 0 Å². The number of methoxy groups -OCH3 is 1. The highest BCUT2D eigenvalue weighted by atomic mass is 32.1. The van der Waals surface area contributed by atoms with Crippen molar-refractivity contribution in [3.8, 4) is 39.5 Å². The summed E-state index contributed by atoms with van der Waals surface area (Å²) >= 11 is 1.13. The molecule has 1 amide bonds. The highest BCUT2D eigenvalue weighted by Gasteiger charge is 2.35. The van der Waals surface area contributed by atoms with Crippen LogP contribution >= 0.6 is 11.3 Å². The molecule has 6 aromatic rings. The Hall–Kier alpha value is -5.01. The van der Waals surface area contributed by atoms with Gasteiger partial charge in [-0.05, 0) is 39.0 Å². The molecule has 0 saturated heterocycles. The van der Waals surface area contributed by atoms with Crippen LogP contribution in [0.15, 0.2) is 54.4 Å². The molecule has 0 unspecified atom stereocenters. The molecular weight excluding hydrogens is 653 g/mol. The third kappa shape index (κ3) is 5.37. The number of aromatic nitrogens is 5. The molecule has 0 bridgehead atoms. The summed E-state index contributed by atoms with van der Waals surface area (Å²) < 4.78 is 62.0. The minimum absolute atomic E-state index is 0.00660. The van der Waals surface area contributed by atoms with Crippen molar-refractivity contribution in [2.24, 2.45) is 7.05 Å². The molecular formula is C36H33F3N6O3S. The zero-order valence-corrected chi connectivity index (χ0v) is 28.4. The first kappa shape index (κ1) is 32.5. The van der Waals surface area contributed by atoms with Gasteiger partial charge in [-0.25, -0.2) is 18.2 Å². The molecule has 13 heteroatoms. The molecule has 2 aromatic carbocycles. The summed E-state index contributed by atoms with van der Waals surface area (Å²) in [6.07, 6.45) is 1.28. The lowest BCUT2D eigenvalue weighted by Gasteiger charge is -2.38. The number of hydrogen-bond donors (Lipinski definition) is 0. The van der Waals surface area contributed by atoms with E-state index in [2.05, 4.69) is 11.7 Å². The van der Waals surface area contributed by atoms with E-state index in [1.807, 2.05) is 46.0 Å². The lowest BCUT2D eigenvalue weighted by Crippen LogP contribution is -2.46. The normalized spacial score (nSPS) is 16.0. The number of thiophene rings is 1. The fraction of sp³-hybridized carbons (Fsp3) is 0.278. The van der Waals surface area contributed by atoms with Gasteiger partial charge in [-0.1, -0.05) is 18.7 Å². The average molecular weight is 687 g/mol. The van der Waals surface area contributed by atoms with E-state index in [1.54, 1.807) is 20.3 Å². The minimum Gasteiger partial charge on any atom is -0.490 e. The Morgan fingerprint density at radius 3 is 2.61 bits per heavy atom. The van der Waals surface area contributed by atoms with Gasteiger partial charge in [0.05, 0.1) is 46.4 Å². The van der Waals surface area contributed by atoms with Crippen molar-refractivity contribution in [1.82, 2.24) is 29.4 Å². The zero-order chi connectivity index (χ0) is 34.7. The fourth-order valence-electron chi connectivity index (χ4n) is 6.73. The number of ether oxygens (including phenoxy) is 2. The number of halogens is 3. The number of amides is 1. The van der Waals surface area contributed by atoms with Crippen LogP contribution in [0, 0.1) is 24.4 Å². The predicted molar refractivity (Wildman–Crippen MR) is 183 cm³/mol. The molecule has 0 radical (unpaired) electrons. The summed E-state index contributed by atoms with van der Waals surface area (Å²) in [6.45, 7) is 9.97. The number of carbonyl (C=O) groups excluding carboxylic acids is 1. The summed E-state index contributed by atoms with van der Waals surface area (Å²) in [7, 11) is 3.35. The smallest absolute Gasteiger partial charge is 0.246 e. The zero-order valence-electron chi connectivity index (χ0n) is 27.6. The van der Waals surface area contributed by atoms with Gasteiger partial charge in [0.25, 0.3) is 0 Å². The van der Waals surface area contributed by atoms with Crippen LogP contribution in [-0.2, 0) is 23.1 Å². The van der Waals surface area contributed by atoms with Crippen LogP contribution in [-0.4, -0.2) is 61.7 Å². The second-order valence-corrected chi connectivity index (χ2v) is 13.0. The van der Waals surface area contributed by atoms with Gasteiger partial charge in [0.2, 0.25) is 5.91 Å². The van der Waals surface area contributed by atoms with Crippen LogP contribution in [0.25, 0.3) is 54.8 Å². The summed E-state index contributed by atoms with van der Waals surface area (Å²) in [5.74, 6) is -2.75. The Kier molecular flexibility index (Phi) is 8.27. The van der Waals surface area contributed by atoms with Gasteiger partial charge in [0.1, 0.15) is 41.2 Å². The molecule has 7 rings (SSSR count). The Morgan fingerprint density at radius 1 is 1.06 bits per heavy atom. The van der Waals surface area contributed by atoms with Crippen molar-refractivity contribution in [3.05, 3.63) is 83.3 Å². The van der Waals surface area contributed by atoms with Crippen LogP contribution < -0.4 is 4.74 Å². The molecule has 1 aliphatic rings. The first-order chi connectivity index (χ1) is 23.5. The van der Waals surface area contributed by atoms with Crippen LogP contribution in [0.1, 0.15) is 31.3 Å².